The van der Waals surface area contributed by atoms with E-state index in [1.54, 1.807) is 36.4 Å². The molecule has 1 aliphatic rings. The van der Waals surface area contributed by atoms with E-state index in [-0.39, 0.29) is 17.1 Å². The molecule has 9 nitrogen and oxygen atoms in total. The van der Waals surface area contributed by atoms with Crippen LogP contribution in [0.4, 0.5) is 11.4 Å². The summed E-state index contributed by atoms with van der Waals surface area (Å²) < 4.78 is 0. The zero-order valence-corrected chi connectivity index (χ0v) is 14.2. The van der Waals surface area contributed by atoms with Gasteiger partial charge >= 0.3 is 5.97 Å². The van der Waals surface area contributed by atoms with Crippen molar-refractivity contribution in [2.24, 2.45) is 15.3 Å². The number of anilines is 1. The predicted octanol–water partition coefficient (Wildman–Crippen LogP) is 2.33. The summed E-state index contributed by atoms with van der Waals surface area (Å²) in [7, 11) is 0. The molecular weight excluding hydrogens is 350 g/mol. The van der Waals surface area contributed by atoms with Gasteiger partial charge in [0.25, 0.3) is 5.91 Å². The second-order valence-corrected chi connectivity index (χ2v) is 5.63. The van der Waals surface area contributed by atoms with Crippen LogP contribution in [-0.2, 0) is 9.59 Å². The molecule has 0 aliphatic carbocycles. The van der Waals surface area contributed by atoms with Crippen molar-refractivity contribution in [2.75, 3.05) is 5.01 Å². The number of carbonyl (C=O) groups excluding carboxylic acids is 2. The number of aromatic carboxylic acids is 1. The molecule has 0 radical (unpaired) electrons. The number of carboxylic acids is 1. The molecule has 0 aromatic heterocycles. The number of azo groups is 1. The maximum absolute atomic E-state index is 12.7. The SMILES string of the molecule is CC(=O)NC1=NN(c2ccccc2)C(=O)C1N=Nc1cccc(C(=O)O)c1. The first kappa shape index (κ1) is 17.9. The molecule has 0 spiro atoms. The zero-order chi connectivity index (χ0) is 19.4. The average molecular weight is 365 g/mol. The van der Waals surface area contributed by atoms with Gasteiger partial charge < -0.3 is 10.4 Å². The van der Waals surface area contributed by atoms with Crippen molar-refractivity contribution in [3.05, 3.63) is 60.2 Å². The first-order valence-corrected chi connectivity index (χ1v) is 7.95. The normalized spacial score (nSPS) is 16.5. The van der Waals surface area contributed by atoms with Gasteiger partial charge in [0, 0.05) is 6.92 Å². The topological polar surface area (TPSA) is 124 Å². The second-order valence-electron chi connectivity index (χ2n) is 5.63. The summed E-state index contributed by atoms with van der Waals surface area (Å²) >= 11 is 0. The van der Waals surface area contributed by atoms with Gasteiger partial charge in [-0.1, -0.05) is 24.3 Å². The zero-order valence-electron chi connectivity index (χ0n) is 14.2. The predicted molar refractivity (Wildman–Crippen MR) is 96.9 cm³/mol. The summed E-state index contributed by atoms with van der Waals surface area (Å²) in [4.78, 5) is 35.2. The fourth-order valence-corrected chi connectivity index (χ4v) is 2.40. The van der Waals surface area contributed by atoms with Gasteiger partial charge in [-0.3, -0.25) is 9.59 Å². The van der Waals surface area contributed by atoms with Gasteiger partial charge in [-0.25, -0.2) is 4.79 Å². The van der Waals surface area contributed by atoms with E-state index in [9.17, 15) is 14.4 Å². The largest absolute Gasteiger partial charge is 0.478 e. The lowest BCUT2D eigenvalue weighted by Crippen LogP contribution is -2.38. The molecule has 0 fully saturated rings. The van der Waals surface area contributed by atoms with Crippen LogP contribution in [0.2, 0.25) is 0 Å². The highest BCUT2D eigenvalue weighted by Gasteiger charge is 2.37. The maximum Gasteiger partial charge on any atom is 0.335 e. The molecule has 0 bridgehead atoms. The van der Waals surface area contributed by atoms with E-state index in [1.165, 1.54) is 25.1 Å². The molecule has 0 saturated heterocycles. The van der Waals surface area contributed by atoms with Crippen LogP contribution in [-0.4, -0.2) is 34.8 Å². The van der Waals surface area contributed by atoms with Crippen LogP contribution in [0.25, 0.3) is 0 Å². The molecule has 2 aromatic carbocycles. The monoisotopic (exact) mass is 365 g/mol. The summed E-state index contributed by atoms with van der Waals surface area (Å²) in [5, 5.41) is 24.7. The second kappa shape index (κ2) is 7.56. The van der Waals surface area contributed by atoms with Crippen molar-refractivity contribution < 1.29 is 19.5 Å². The summed E-state index contributed by atoms with van der Waals surface area (Å²) in [6, 6.07) is 13.4. The number of carbonyl (C=O) groups is 3. The lowest BCUT2D eigenvalue weighted by molar-refractivity contribution is -0.117. The van der Waals surface area contributed by atoms with Crippen molar-refractivity contribution in [3.8, 4) is 0 Å². The van der Waals surface area contributed by atoms with E-state index in [0.29, 0.717) is 5.69 Å². The van der Waals surface area contributed by atoms with Gasteiger partial charge in [0.2, 0.25) is 11.9 Å². The molecule has 9 heteroatoms. The Kier molecular flexibility index (Phi) is 5.02. The Balaban J connectivity index is 1.89. The molecule has 27 heavy (non-hydrogen) atoms. The number of amides is 2. The summed E-state index contributed by atoms with van der Waals surface area (Å²) in [5.74, 6) is -1.93. The number of rotatable bonds is 4. The summed E-state index contributed by atoms with van der Waals surface area (Å²) in [5.41, 5.74) is 0.838. The Labute approximate surface area is 154 Å². The number of hydrazone groups is 1. The smallest absolute Gasteiger partial charge is 0.335 e. The molecule has 3 rings (SSSR count). The standard InChI is InChI=1S/C18H15N5O4/c1-11(24)19-16-15(17(25)23(22-16)14-8-3-2-4-9-14)21-20-13-7-5-6-12(10-13)18(26)27/h2-10,15H,1H3,(H,26,27)(H,19,22,24). The lowest BCUT2D eigenvalue weighted by Gasteiger charge is -2.11. The van der Waals surface area contributed by atoms with Gasteiger partial charge in [0.15, 0.2) is 5.84 Å². The molecule has 1 aliphatic heterocycles. The van der Waals surface area contributed by atoms with E-state index in [0.717, 1.165) is 5.01 Å². The quantitative estimate of drug-likeness (QED) is 0.807. The van der Waals surface area contributed by atoms with Crippen LogP contribution < -0.4 is 10.3 Å². The number of benzene rings is 2. The Morgan fingerprint density at radius 2 is 1.89 bits per heavy atom. The van der Waals surface area contributed by atoms with Gasteiger partial charge in [-0.2, -0.15) is 15.2 Å². The number of hydrogen-bond acceptors (Lipinski definition) is 6. The van der Waals surface area contributed by atoms with Gasteiger partial charge in [0.1, 0.15) is 0 Å². The lowest BCUT2D eigenvalue weighted by atomic mass is 10.2. The van der Waals surface area contributed by atoms with Crippen molar-refractivity contribution in [1.29, 1.82) is 0 Å². The van der Waals surface area contributed by atoms with E-state index in [2.05, 4.69) is 20.6 Å². The van der Waals surface area contributed by atoms with Crippen molar-refractivity contribution in [2.45, 2.75) is 13.0 Å². The summed E-state index contributed by atoms with van der Waals surface area (Å²) in [6.07, 6.45) is 0. The number of para-hydroxylation sites is 1. The Hall–Kier alpha value is -3.88. The highest BCUT2D eigenvalue weighted by atomic mass is 16.4. The minimum absolute atomic E-state index is 0.0471. The first-order valence-electron chi connectivity index (χ1n) is 7.95. The molecule has 1 heterocycles. The van der Waals surface area contributed by atoms with Gasteiger partial charge in [-0.15, -0.1) is 5.10 Å². The number of nitrogens with zero attached hydrogens (tertiary/aromatic N) is 4. The Morgan fingerprint density at radius 3 is 2.56 bits per heavy atom. The van der Waals surface area contributed by atoms with Crippen LogP contribution >= 0.6 is 0 Å². The van der Waals surface area contributed by atoms with Crippen LogP contribution in [0.15, 0.2) is 69.9 Å². The molecular formula is C18H15N5O4. The van der Waals surface area contributed by atoms with Crippen molar-refractivity contribution in [3.63, 3.8) is 0 Å². The number of amidine groups is 1. The number of carboxylic acid groups (broad SMARTS) is 1. The molecule has 2 amide bonds. The maximum atomic E-state index is 12.7. The molecule has 1 unspecified atom stereocenters. The van der Waals surface area contributed by atoms with E-state index >= 15 is 0 Å². The average Bonchev–Trinajstić information content (AvgIpc) is 2.96. The fraction of sp³-hybridized carbons (Fsp3) is 0.111. The number of nitrogens with one attached hydrogen (secondary N) is 1. The first-order chi connectivity index (χ1) is 13.0. The third kappa shape index (κ3) is 4.03. The Morgan fingerprint density at radius 1 is 1.15 bits per heavy atom. The van der Waals surface area contributed by atoms with Crippen molar-refractivity contribution in [1.82, 2.24) is 5.32 Å². The summed E-state index contributed by atoms with van der Waals surface area (Å²) in [6.45, 7) is 1.29. The van der Waals surface area contributed by atoms with Gasteiger partial charge in [0.05, 0.1) is 16.9 Å². The molecule has 1 atom stereocenters. The molecule has 2 N–H and O–H groups in total. The molecule has 136 valence electrons. The third-order valence-electron chi connectivity index (χ3n) is 3.60. The molecule has 0 saturated carbocycles. The van der Waals surface area contributed by atoms with Gasteiger partial charge in [-0.05, 0) is 30.3 Å². The molecule has 2 aromatic rings. The van der Waals surface area contributed by atoms with E-state index < -0.39 is 23.8 Å². The van der Waals surface area contributed by atoms with Crippen LogP contribution in [0, 0.1) is 0 Å². The highest BCUT2D eigenvalue weighted by molar-refractivity contribution is 6.21. The van der Waals surface area contributed by atoms with Crippen LogP contribution in [0.1, 0.15) is 17.3 Å². The van der Waals surface area contributed by atoms with Crippen LogP contribution in [0.5, 0.6) is 0 Å². The van der Waals surface area contributed by atoms with E-state index in [1.807, 2.05) is 0 Å². The van der Waals surface area contributed by atoms with Crippen molar-refractivity contribution >= 4 is 35.0 Å². The third-order valence-corrected chi connectivity index (χ3v) is 3.60. The van der Waals surface area contributed by atoms with Crippen LogP contribution in [0.3, 0.4) is 0 Å². The Bertz CT molecular complexity index is 955. The highest BCUT2D eigenvalue weighted by Crippen LogP contribution is 2.23. The number of hydrogen-bond donors (Lipinski definition) is 2. The minimum atomic E-state index is -1.14. The van der Waals surface area contributed by atoms with E-state index in [4.69, 9.17) is 5.11 Å². The fourth-order valence-electron chi connectivity index (χ4n) is 2.40. The minimum Gasteiger partial charge on any atom is -0.478 e.